The molecule has 122 valence electrons. The van der Waals surface area contributed by atoms with E-state index in [9.17, 15) is 9.90 Å². The fourth-order valence-corrected chi connectivity index (χ4v) is 2.74. The predicted molar refractivity (Wildman–Crippen MR) is 80.8 cm³/mol. The van der Waals surface area contributed by atoms with Crippen molar-refractivity contribution in [3.8, 4) is 11.5 Å². The third-order valence-electron chi connectivity index (χ3n) is 3.83. The van der Waals surface area contributed by atoms with Crippen LogP contribution in [-0.4, -0.2) is 46.4 Å². The van der Waals surface area contributed by atoms with E-state index in [4.69, 9.17) is 9.26 Å². The summed E-state index contributed by atoms with van der Waals surface area (Å²) in [5.74, 6) is 0.334. The lowest BCUT2D eigenvalue weighted by Gasteiger charge is -2.32. The topological polar surface area (TPSA) is 102 Å². The largest absolute Gasteiger partial charge is 0.481 e. The first-order valence-electron chi connectivity index (χ1n) is 7.43. The van der Waals surface area contributed by atoms with Crippen LogP contribution in [0, 0.1) is 5.92 Å². The van der Waals surface area contributed by atoms with Crippen LogP contribution in [0.25, 0.3) is 11.5 Å². The second kappa shape index (κ2) is 6.74. The molecule has 3 rings (SSSR count). The summed E-state index contributed by atoms with van der Waals surface area (Å²) in [6, 6.07) is 3.63. The van der Waals surface area contributed by atoms with Crippen molar-refractivity contribution >= 4 is 11.8 Å². The standard InChI is InChI=1S/C15H18N4O4/c1-22-9-12-17-14(23-18-12)11-5-2-6-16-13(11)19-7-3-4-10(8-19)15(20)21/h2,5-6,10H,3-4,7-9H2,1H3,(H,20,21). The van der Waals surface area contributed by atoms with E-state index in [1.54, 1.807) is 19.4 Å². The van der Waals surface area contributed by atoms with Crippen LogP contribution in [-0.2, 0) is 16.1 Å². The third-order valence-corrected chi connectivity index (χ3v) is 3.83. The number of aliphatic carboxylic acids is 1. The van der Waals surface area contributed by atoms with E-state index in [1.807, 2.05) is 11.0 Å². The summed E-state index contributed by atoms with van der Waals surface area (Å²) >= 11 is 0. The maximum Gasteiger partial charge on any atom is 0.308 e. The number of hydrogen-bond donors (Lipinski definition) is 1. The quantitative estimate of drug-likeness (QED) is 0.886. The fourth-order valence-electron chi connectivity index (χ4n) is 2.74. The molecule has 0 bridgehead atoms. The highest BCUT2D eigenvalue weighted by Gasteiger charge is 2.28. The van der Waals surface area contributed by atoms with Crippen LogP contribution in [0.5, 0.6) is 0 Å². The predicted octanol–water partition coefficient (Wildman–Crippen LogP) is 1.58. The van der Waals surface area contributed by atoms with Gasteiger partial charge in [0.05, 0.1) is 11.5 Å². The number of hydrogen-bond acceptors (Lipinski definition) is 7. The summed E-state index contributed by atoms with van der Waals surface area (Å²) in [6.45, 7) is 1.45. The molecule has 0 aromatic carbocycles. The Bertz CT molecular complexity index is 688. The molecule has 1 aliphatic rings. The zero-order valence-corrected chi connectivity index (χ0v) is 12.8. The van der Waals surface area contributed by atoms with Gasteiger partial charge in [0.1, 0.15) is 12.4 Å². The van der Waals surface area contributed by atoms with Crippen molar-refractivity contribution in [3.63, 3.8) is 0 Å². The van der Waals surface area contributed by atoms with E-state index in [1.165, 1.54) is 0 Å². The highest BCUT2D eigenvalue weighted by atomic mass is 16.5. The summed E-state index contributed by atoms with van der Waals surface area (Å²) in [5, 5.41) is 13.1. The fraction of sp³-hybridized carbons (Fsp3) is 0.467. The molecule has 2 aromatic heterocycles. The highest BCUT2D eigenvalue weighted by molar-refractivity contribution is 5.73. The molecule has 8 nitrogen and oxygen atoms in total. The number of carbonyl (C=O) groups is 1. The molecule has 3 heterocycles. The zero-order valence-electron chi connectivity index (χ0n) is 12.8. The van der Waals surface area contributed by atoms with Gasteiger partial charge in [-0.15, -0.1) is 0 Å². The summed E-state index contributed by atoms with van der Waals surface area (Å²) < 4.78 is 10.3. The van der Waals surface area contributed by atoms with Gasteiger partial charge in [0.15, 0.2) is 5.82 Å². The number of carboxylic acids is 1. The molecule has 1 saturated heterocycles. The number of aromatic nitrogens is 3. The minimum atomic E-state index is -0.771. The molecule has 2 aromatic rings. The Morgan fingerprint density at radius 1 is 1.57 bits per heavy atom. The van der Waals surface area contributed by atoms with Gasteiger partial charge in [-0.05, 0) is 25.0 Å². The summed E-state index contributed by atoms with van der Waals surface area (Å²) in [4.78, 5) is 21.9. The number of piperidine rings is 1. The Morgan fingerprint density at radius 2 is 2.43 bits per heavy atom. The average molecular weight is 318 g/mol. The molecular weight excluding hydrogens is 300 g/mol. The van der Waals surface area contributed by atoms with Gasteiger partial charge in [0.2, 0.25) is 0 Å². The SMILES string of the molecule is COCc1noc(-c2cccnc2N2CCCC(C(=O)O)C2)n1. The second-order valence-electron chi connectivity index (χ2n) is 5.45. The molecule has 1 atom stereocenters. The Hall–Kier alpha value is -2.48. The van der Waals surface area contributed by atoms with Crippen LogP contribution in [0.2, 0.25) is 0 Å². The lowest BCUT2D eigenvalue weighted by atomic mass is 9.98. The van der Waals surface area contributed by atoms with Crippen molar-refractivity contribution in [2.75, 3.05) is 25.1 Å². The number of anilines is 1. The van der Waals surface area contributed by atoms with E-state index in [-0.39, 0.29) is 12.5 Å². The van der Waals surface area contributed by atoms with Crippen LogP contribution < -0.4 is 4.90 Å². The number of pyridine rings is 1. The molecule has 0 amide bonds. The van der Waals surface area contributed by atoms with Crippen molar-refractivity contribution in [2.45, 2.75) is 19.4 Å². The number of ether oxygens (including phenoxy) is 1. The van der Waals surface area contributed by atoms with Crippen LogP contribution in [0.4, 0.5) is 5.82 Å². The molecule has 1 aliphatic heterocycles. The molecule has 8 heteroatoms. The van der Waals surface area contributed by atoms with Crippen molar-refractivity contribution in [1.82, 2.24) is 15.1 Å². The molecule has 1 N–H and O–H groups in total. The molecular formula is C15H18N4O4. The lowest BCUT2D eigenvalue weighted by Crippen LogP contribution is -2.39. The zero-order chi connectivity index (χ0) is 16.2. The first kappa shape index (κ1) is 15.4. The molecule has 0 aliphatic carbocycles. The average Bonchev–Trinajstić information content (AvgIpc) is 3.04. The number of carboxylic acid groups (broad SMARTS) is 1. The van der Waals surface area contributed by atoms with Crippen LogP contribution in [0.3, 0.4) is 0 Å². The summed E-state index contributed by atoms with van der Waals surface area (Å²) in [6.07, 6.45) is 3.17. The summed E-state index contributed by atoms with van der Waals surface area (Å²) in [7, 11) is 1.56. The van der Waals surface area contributed by atoms with E-state index in [0.29, 0.717) is 36.1 Å². The maximum absolute atomic E-state index is 11.3. The van der Waals surface area contributed by atoms with Gasteiger partial charge in [-0.1, -0.05) is 5.16 Å². The molecule has 0 saturated carbocycles. The number of methoxy groups -OCH3 is 1. The third kappa shape index (κ3) is 3.31. The van der Waals surface area contributed by atoms with Gasteiger partial charge in [-0.25, -0.2) is 4.98 Å². The molecule has 0 radical (unpaired) electrons. The van der Waals surface area contributed by atoms with Crippen molar-refractivity contribution < 1.29 is 19.2 Å². The highest BCUT2D eigenvalue weighted by Crippen LogP contribution is 2.30. The Morgan fingerprint density at radius 3 is 3.22 bits per heavy atom. The Labute approximate surface area is 133 Å². The molecule has 0 spiro atoms. The van der Waals surface area contributed by atoms with E-state index >= 15 is 0 Å². The van der Waals surface area contributed by atoms with Gasteiger partial charge in [0.25, 0.3) is 5.89 Å². The van der Waals surface area contributed by atoms with E-state index in [2.05, 4.69) is 15.1 Å². The smallest absolute Gasteiger partial charge is 0.308 e. The van der Waals surface area contributed by atoms with Gasteiger partial charge in [0, 0.05) is 26.4 Å². The second-order valence-corrected chi connectivity index (χ2v) is 5.45. The molecule has 23 heavy (non-hydrogen) atoms. The van der Waals surface area contributed by atoms with Crippen molar-refractivity contribution in [3.05, 3.63) is 24.2 Å². The Kier molecular flexibility index (Phi) is 4.52. The first-order valence-corrected chi connectivity index (χ1v) is 7.43. The van der Waals surface area contributed by atoms with Crippen molar-refractivity contribution in [1.29, 1.82) is 0 Å². The van der Waals surface area contributed by atoms with Gasteiger partial charge in [-0.3, -0.25) is 4.79 Å². The van der Waals surface area contributed by atoms with Crippen LogP contribution in [0.15, 0.2) is 22.9 Å². The molecule has 1 unspecified atom stereocenters. The normalized spacial score (nSPS) is 18.1. The first-order chi connectivity index (χ1) is 11.2. The molecule has 1 fully saturated rings. The van der Waals surface area contributed by atoms with Crippen LogP contribution >= 0.6 is 0 Å². The van der Waals surface area contributed by atoms with Gasteiger partial charge in [-0.2, -0.15) is 4.98 Å². The minimum absolute atomic E-state index is 0.268. The van der Waals surface area contributed by atoms with E-state index < -0.39 is 5.97 Å². The monoisotopic (exact) mass is 318 g/mol. The number of nitrogens with zero attached hydrogens (tertiary/aromatic N) is 4. The lowest BCUT2D eigenvalue weighted by molar-refractivity contribution is -0.141. The number of rotatable bonds is 5. The van der Waals surface area contributed by atoms with Crippen molar-refractivity contribution in [2.24, 2.45) is 5.92 Å². The Balaban J connectivity index is 1.89. The maximum atomic E-state index is 11.3. The minimum Gasteiger partial charge on any atom is -0.481 e. The van der Waals surface area contributed by atoms with Gasteiger partial charge < -0.3 is 19.3 Å². The summed E-state index contributed by atoms with van der Waals surface area (Å²) in [5.41, 5.74) is 0.702. The van der Waals surface area contributed by atoms with E-state index in [0.717, 1.165) is 13.0 Å². The van der Waals surface area contributed by atoms with Gasteiger partial charge >= 0.3 is 5.97 Å². The van der Waals surface area contributed by atoms with Crippen LogP contribution in [0.1, 0.15) is 18.7 Å².